The average Bonchev–Trinajstić information content (AvgIpc) is 3.09. The number of alkyl halides is 3. The van der Waals surface area contributed by atoms with E-state index in [-0.39, 0.29) is 17.9 Å². The van der Waals surface area contributed by atoms with Crippen LogP contribution in [0.4, 0.5) is 23.7 Å². The van der Waals surface area contributed by atoms with E-state index in [4.69, 9.17) is 29.3 Å². The van der Waals surface area contributed by atoms with Gasteiger partial charge in [0.15, 0.2) is 17.5 Å². The first kappa shape index (κ1) is 43.0. The minimum atomic E-state index is -5.08. The number of carboxylic acids is 1. The van der Waals surface area contributed by atoms with Crippen LogP contribution >= 0.6 is 0 Å². The molecule has 1 fully saturated rings. The van der Waals surface area contributed by atoms with E-state index in [1.807, 2.05) is 18.2 Å². The number of quaternary nitrogens is 1. The second-order valence-corrected chi connectivity index (χ2v) is 15.2. The van der Waals surface area contributed by atoms with Crippen molar-refractivity contribution in [3.8, 4) is 23.0 Å². The maximum atomic E-state index is 14.1. The minimum absolute atomic E-state index is 0.0810. The van der Waals surface area contributed by atoms with Crippen molar-refractivity contribution in [3.63, 3.8) is 0 Å². The quantitative estimate of drug-likeness (QED) is 0.114. The normalized spacial score (nSPS) is 17.4. The molecule has 5 N–H and O–H groups in total. The molecule has 3 aromatic rings. The molecular formula is C36H45F3N4O10S+2. The summed E-state index contributed by atoms with van der Waals surface area (Å²) in [6, 6.07) is 16.6. The van der Waals surface area contributed by atoms with Gasteiger partial charge in [0, 0.05) is 24.8 Å². The van der Waals surface area contributed by atoms with Crippen LogP contribution in [-0.2, 0) is 32.7 Å². The largest absolute Gasteiger partial charge is 0.508 e. The van der Waals surface area contributed by atoms with Crippen molar-refractivity contribution in [1.29, 1.82) is 0 Å². The summed E-state index contributed by atoms with van der Waals surface area (Å²) in [7, 11) is 1.49. The predicted octanol–water partition coefficient (Wildman–Crippen LogP) is 4.68. The second-order valence-electron chi connectivity index (χ2n) is 13.1. The molecule has 0 bridgehead atoms. The minimum Gasteiger partial charge on any atom is -0.508 e. The number of hydrogen-bond donors (Lipinski definition) is 4. The lowest BCUT2D eigenvalue weighted by atomic mass is 10.0. The Morgan fingerprint density at radius 2 is 1.54 bits per heavy atom. The van der Waals surface area contributed by atoms with Gasteiger partial charge in [-0.05, 0) is 74.0 Å². The summed E-state index contributed by atoms with van der Waals surface area (Å²) in [5.74, 6) is -1.99. The number of nitrogens with zero attached hydrogens (tertiary/aromatic N) is 2. The molecule has 3 amide bonds. The zero-order valence-electron chi connectivity index (χ0n) is 30.4. The van der Waals surface area contributed by atoms with Crippen molar-refractivity contribution in [2.24, 2.45) is 5.73 Å². The number of hydrogen-bond acceptors (Lipinski definition) is 9. The fourth-order valence-corrected chi connectivity index (χ4v) is 6.27. The van der Waals surface area contributed by atoms with E-state index < -0.39 is 45.5 Å². The first-order valence-corrected chi connectivity index (χ1v) is 18.0. The monoisotopic (exact) mass is 782 g/mol. The molecule has 54 heavy (non-hydrogen) atoms. The van der Waals surface area contributed by atoms with E-state index in [9.17, 15) is 36.3 Å². The Kier molecular flexibility index (Phi) is 14.4. The summed E-state index contributed by atoms with van der Waals surface area (Å²) in [5, 5.41) is 19.0. The van der Waals surface area contributed by atoms with E-state index in [0.717, 1.165) is 29.8 Å². The van der Waals surface area contributed by atoms with Gasteiger partial charge in [-0.3, -0.25) is 4.79 Å². The van der Waals surface area contributed by atoms with E-state index in [2.05, 4.69) is 12.4 Å². The number of nitrogens with two attached hydrogens (primary N) is 1. The summed E-state index contributed by atoms with van der Waals surface area (Å²) < 4.78 is 74.2. The van der Waals surface area contributed by atoms with Crippen LogP contribution in [0.3, 0.4) is 0 Å². The lowest BCUT2D eigenvalue weighted by molar-refractivity contribution is -0.918. The van der Waals surface area contributed by atoms with Crippen LogP contribution in [0.2, 0.25) is 0 Å². The summed E-state index contributed by atoms with van der Waals surface area (Å²) in [4.78, 5) is 36.1. The van der Waals surface area contributed by atoms with Gasteiger partial charge < -0.3 is 34.1 Å². The topological polar surface area (TPSA) is 195 Å². The second kappa shape index (κ2) is 18.1. The molecule has 0 radical (unpaired) electrons. The van der Waals surface area contributed by atoms with Crippen molar-refractivity contribution in [2.75, 3.05) is 39.7 Å². The Labute approximate surface area is 311 Å². The molecule has 3 aromatic carbocycles. The number of ether oxygens (including phenoxy) is 2. The molecule has 1 saturated heterocycles. The number of rotatable bonds is 12. The van der Waals surface area contributed by atoms with Crippen molar-refractivity contribution >= 4 is 39.4 Å². The van der Waals surface area contributed by atoms with Crippen LogP contribution in [0.5, 0.6) is 23.0 Å². The number of primary amides is 1. The SMILES string of the molecule is COc1ccc(C[N+]2(C)CCC/C(=[N+](\C(=O)Nc3ccc(OS(=O)(=O)C(C)C)cc3)[C@@H](Cc3ccc(O)cc3)C(N)=O)C2)cc1OC.O=C(O)C(F)(F)F. The van der Waals surface area contributed by atoms with Crippen LogP contribution in [0.15, 0.2) is 66.7 Å². The number of piperidine rings is 1. The van der Waals surface area contributed by atoms with Crippen molar-refractivity contribution in [3.05, 3.63) is 77.9 Å². The number of urea groups is 1. The number of amides is 3. The Morgan fingerprint density at radius 1 is 0.963 bits per heavy atom. The van der Waals surface area contributed by atoms with Crippen LogP contribution in [-0.4, -0.2) is 103 Å². The van der Waals surface area contributed by atoms with E-state index >= 15 is 0 Å². The summed E-state index contributed by atoms with van der Waals surface area (Å²) in [5.41, 5.74) is 8.85. The predicted molar refractivity (Wildman–Crippen MR) is 192 cm³/mol. The smallest absolute Gasteiger partial charge is 0.496 e. The maximum Gasteiger partial charge on any atom is 0.496 e. The number of phenolic OH excluding ortho intramolecular Hbond substituents is 1. The number of carboxylic acid groups (broad SMARTS) is 1. The molecule has 1 aliphatic heterocycles. The van der Waals surface area contributed by atoms with Crippen molar-refractivity contribution in [2.45, 2.75) is 57.1 Å². The number of aliphatic carboxylic acids is 1. The third-order valence-corrected chi connectivity index (χ3v) is 10.0. The van der Waals surface area contributed by atoms with Gasteiger partial charge >= 0.3 is 28.3 Å². The van der Waals surface area contributed by atoms with Gasteiger partial charge in [0.05, 0.1) is 33.1 Å². The average molecular weight is 783 g/mol. The number of methoxy groups -OCH3 is 2. The third-order valence-electron chi connectivity index (χ3n) is 8.44. The van der Waals surface area contributed by atoms with Crippen LogP contribution in [0.25, 0.3) is 0 Å². The van der Waals surface area contributed by atoms with E-state index in [1.165, 1.54) is 54.8 Å². The molecule has 294 valence electrons. The van der Waals surface area contributed by atoms with Crippen LogP contribution < -0.4 is 24.7 Å². The molecule has 0 spiro atoms. The molecule has 4 rings (SSSR count). The fourth-order valence-electron chi connectivity index (χ4n) is 5.70. The highest BCUT2D eigenvalue weighted by Crippen LogP contribution is 2.30. The van der Waals surface area contributed by atoms with E-state index in [1.54, 1.807) is 26.4 Å². The number of aromatic hydroxyl groups is 1. The molecule has 1 heterocycles. The molecule has 1 aliphatic rings. The van der Waals surface area contributed by atoms with Crippen molar-refractivity contribution in [1.82, 2.24) is 0 Å². The summed E-state index contributed by atoms with van der Waals surface area (Å²) in [6.07, 6.45) is -3.61. The Morgan fingerprint density at radius 3 is 2.06 bits per heavy atom. The number of benzene rings is 3. The lowest BCUT2D eigenvalue weighted by Gasteiger charge is -2.38. The highest BCUT2D eigenvalue weighted by Gasteiger charge is 2.40. The van der Waals surface area contributed by atoms with Gasteiger partial charge in [0.25, 0.3) is 5.91 Å². The molecule has 18 heteroatoms. The van der Waals surface area contributed by atoms with Gasteiger partial charge in [-0.25, -0.2) is 10.1 Å². The molecule has 2 atom stereocenters. The zero-order chi connectivity index (χ0) is 40.4. The number of likely N-dealkylation sites (tertiary alicyclic amines) is 1. The third kappa shape index (κ3) is 12.1. The van der Waals surface area contributed by atoms with Crippen LogP contribution in [0, 0.1) is 0 Å². The molecule has 0 saturated carbocycles. The van der Waals surface area contributed by atoms with Gasteiger partial charge in [-0.15, -0.1) is 0 Å². The zero-order valence-corrected chi connectivity index (χ0v) is 31.2. The number of anilines is 1. The van der Waals surface area contributed by atoms with E-state index in [0.29, 0.717) is 41.2 Å². The molecule has 14 nitrogen and oxygen atoms in total. The molecule has 1 unspecified atom stereocenters. The maximum absolute atomic E-state index is 14.1. The fraction of sp³-hybridized carbons (Fsp3) is 0.389. The summed E-state index contributed by atoms with van der Waals surface area (Å²) in [6.45, 7) is 4.99. The number of nitrogens with one attached hydrogen (secondary N) is 1. The summed E-state index contributed by atoms with van der Waals surface area (Å²) >= 11 is 0. The number of phenols is 1. The van der Waals surface area contributed by atoms with Crippen molar-refractivity contribution < 1.29 is 68.9 Å². The van der Waals surface area contributed by atoms with Crippen LogP contribution in [0.1, 0.15) is 37.8 Å². The standard InChI is InChI=1S/C34H42N4O8S.C2HF3O2/c1-23(2)47(42,43)46-29-15-11-26(12-16-29)36-34(41)37(30(33(35)40)19-24-8-13-28(39)14-9-24)27-7-6-18-38(3,22-27)21-25-10-17-31(44-4)32(20-25)45-5;3-2(4,5)1(6)7/h8-17,20,23,30H,6-7,18-19,21-22H2,1-5H3,(H2-2,35,36,39,40,41);(H,6,7)/p+2/b37-27+;/t30-,38?;/m0./s1. The first-order chi connectivity index (χ1) is 25.2. The number of carbonyl (C=O) groups excluding carboxylic acids is 2. The van der Waals surface area contributed by atoms with Gasteiger partial charge in [0.1, 0.15) is 36.0 Å². The number of carbonyl (C=O) groups is 3. The molecular weight excluding hydrogens is 737 g/mol. The van der Waals surface area contributed by atoms with Gasteiger partial charge in [0.2, 0.25) is 0 Å². The van der Waals surface area contributed by atoms with Gasteiger partial charge in [-0.2, -0.15) is 31.0 Å². The lowest BCUT2D eigenvalue weighted by Crippen LogP contribution is -2.56. The highest BCUT2D eigenvalue weighted by molar-refractivity contribution is 7.87. The Hall–Kier alpha value is -5.36. The molecule has 0 aromatic heterocycles. The number of halogens is 3. The highest BCUT2D eigenvalue weighted by atomic mass is 32.2. The molecule has 0 aliphatic carbocycles. The Balaban J connectivity index is 0.00000102. The first-order valence-electron chi connectivity index (χ1n) is 16.6. The Bertz CT molecular complexity index is 1940. The van der Waals surface area contributed by atoms with Gasteiger partial charge in [-0.1, -0.05) is 12.1 Å².